The molecule has 3 aliphatic rings. The van der Waals surface area contributed by atoms with Crippen LogP contribution in [0.3, 0.4) is 0 Å². The summed E-state index contributed by atoms with van der Waals surface area (Å²) in [7, 11) is 1.17. The molecule has 77 heavy (non-hydrogen) atoms. The van der Waals surface area contributed by atoms with E-state index >= 15 is 0 Å². The predicted octanol–water partition coefficient (Wildman–Crippen LogP) is -3.90. The van der Waals surface area contributed by atoms with Gasteiger partial charge in [0.1, 0.15) is 42.3 Å². The van der Waals surface area contributed by atoms with Crippen LogP contribution in [-0.4, -0.2) is 186 Å². The summed E-state index contributed by atoms with van der Waals surface area (Å²) in [5, 5.41) is 23.7. The number of aliphatic hydroxyl groups excluding tert-OH is 1. The van der Waals surface area contributed by atoms with Crippen molar-refractivity contribution in [2.75, 3.05) is 53.0 Å². The zero-order chi connectivity index (χ0) is 56.0. The first-order valence-corrected chi connectivity index (χ1v) is 25.9. The van der Waals surface area contributed by atoms with Crippen LogP contribution >= 0.6 is 0 Å². The van der Waals surface area contributed by atoms with E-state index in [0.29, 0.717) is 75.6 Å². The molecule has 0 unspecified atom stereocenters. The molecule has 2 aromatic rings. The minimum Gasteiger partial charge on any atom is -0.467 e. The standard InChI is InChI=1S/C51H75N15O11/c1-77-49(76)34(18-9-23-58-51(55)56)61-43(70)36(28-32-15-6-3-7-16-32)62-45(72)39-20-11-24-64(39)47(74)37(30-67)63-42(69)35(27-31-13-4-2-5-14-31)60-41(68)29-59-44(71)38-19-10-25-65(38)48(75)40-21-12-26-66(40)46(73)33(52)17-8-22-57-50(53)54/h2-7,13-16,33-40,67H,8-12,17-30,52H2,1H3,(H,59,71)(H,60,68)(H,61,70)(H,62,72)(H,63,69)(H4,53,54,57)(H4,55,56,58)/t33-,34-,35-,36-,37-,38-,39-,40-/m0/s1. The van der Waals surface area contributed by atoms with E-state index in [4.69, 9.17) is 33.4 Å². The fraction of sp³-hybridized carbons (Fsp3) is 0.549. The molecular weight excluding hydrogens is 999 g/mol. The lowest BCUT2D eigenvalue weighted by molar-refractivity contribution is -0.147. The number of hydrogen-bond donors (Lipinski definition) is 11. The lowest BCUT2D eigenvalue weighted by atomic mass is 10.0. The fourth-order valence-electron chi connectivity index (χ4n) is 9.68. The molecule has 0 radical (unpaired) electrons. The summed E-state index contributed by atoms with van der Waals surface area (Å²) in [6.07, 6.45) is 3.46. The van der Waals surface area contributed by atoms with Gasteiger partial charge in [-0.05, 0) is 75.3 Å². The van der Waals surface area contributed by atoms with Crippen molar-refractivity contribution in [2.24, 2.45) is 38.7 Å². The molecule has 5 rings (SSSR count). The lowest BCUT2D eigenvalue weighted by Gasteiger charge is -2.32. The number of hydrogen-bond acceptors (Lipinski definition) is 14. The number of ether oxygens (including phenoxy) is 1. The summed E-state index contributed by atoms with van der Waals surface area (Å²) in [6, 6.07) is 8.51. The van der Waals surface area contributed by atoms with Crippen LogP contribution in [0.5, 0.6) is 0 Å². The van der Waals surface area contributed by atoms with Crippen molar-refractivity contribution in [2.45, 2.75) is 125 Å². The van der Waals surface area contributed by atoms with Gasteiger partial charge < -0.3 is 79.8 Å². The molecule has 3 heterocycles. The molecule has 2 aromatic carbocycles. The van der Waals surface area contributed by atoms with E-state index < -0.39 is 109 Å². The smallest absolute Gasteiger partial charge is 0.328 e. The largest absolute Gasteiger partial charge is 0.467 e. The second-order valence-corrected chi connectivity index (χ2v) is 19.2. The van der Waals surface area contributed by atoms with Crippen molar-refractivity contribution >= 4 is 65.1 Å². The molecule has 8 atom stereocenters. The van der Waals surface area contributed by atoms with Gasteiger partial charge in [0.15, 0.2) is 11.9 Å². The van der Waals surface area contributed by atoms with Crippen LogP contribution in [-0.2, 0) is 60.7 Å². The first-order valence-electron chi connectivity index (χ1n) is 25.9. The first-order chi connectivity index (χ1) is 36.9. The van der Waals surface area contributed by atoms with Crippen LogP contribution in [0.15, 0.2) is 70.6 Å². The molecule has 3 saturated heterocycles. The highest BCUT2D eigenvalue weighted by molar-refractivity contribution is 5.98. The molecule has 0 spiro atoms. The van der Waals surface area contributed by atoms with Gasteiger partial charge in [0.2, 0.25) is 47.3 Å². The topological polar surface area (TPSA) is 408 Å². The number of amides is 8. The van der Waals surface area contributed by atoms with Crippen LogP contribution in [0.4, 0.5) is 0 Å². The zero-order valence-electron chi connectivity index (χ0n) is 43.5. The van der Waals surface area contributed by atoms with Gasteiger partial charge in [0.05, 0.1) is 26.3 Å². The van der Waals surface area contributed by atoms with E-state index in [1.807, 2.05) is 0 Å². The molecule has 0 aromatic heterocycles. The number of nitrogens with one attached hydrogen (secondary N) is 5. The Morgan fingerprint density at radius 3 is 1.62 bits per heavy atom. The van der Waals surface area contributed by atoms with Gasteiger partial charge in [-0.2, -0.15) is 0 Å². The molecule has 26 heteroatoms. The number of nitrogens with two attached hydrogens (primary N) is 5. The highest BCUT2D eigenvalue weighted by Gasteiger charge is 2.44. The first kappa shape index (κ1) is 60.0. The summed E-state index contributed by atoms with van der Waals surface area (Å²) in [6.45, 7) is -0.338. The number of esters is 1. The molecule has 0 bridgehead atoms. The molecule has 3 aliphatic heterocycles. The Morgan fingerprint density at radius 1 is 0.610 bits per heavy atom. The van der Waals surface area contributed by atoms with Gasteiger partial charge in [-0.25, -0.2) is 4.79 Å². The third kappa shape index (κ3) is 17.9. The molecular formula is C51H75N15O11. The van der Waals surface area contributed by atoms with Gasteiger partial charge in [-0.3, -0.25) is 48.3 Å². The zero-order valence-corrected chi connectivity index (χ0v) is 43.5. The van der Waals surface area contributed by atoms with Crippen LogP contribution in [0.1, 0.15) is 75.3 Å². The molecule has 16 N–H and O–H groups in total. The van der Waals surface area contributed by atoms with Crippen molar-refractivity contribution in [1.82, 2.24) is 41.3 Å². The van der Waals surface area contributed by atoms with E-state index in [0.717, 1.165) is 0 Å². The third-order valence-electron chi connectivity index (χ3n) is 13.6. The number of benzene rings is 2. The second kappa shape index (κ2) is 30.0. The Bertz CT molecular complexity index is 2420. The monoisotopic (exact) mass is 1070 g/mol. The third-order valence-corrected chi connectivity index (χ3v) is 13.6. The Labute approximate surface area is 447 Å². The fourth-order valence-corrected chi connectivity index (χ4v) is 9.68. The lowest BCUT2D eigenvalue weighted by Crippen LogP contribution is -2.60. The van der Waals surface area contributed by atoms with Crippen LogP contribution in [0.2, 0.25) is 0 Å². The highest BCUT2D eigenvalue weighted by atomic mass is 16.5. The van der Waals surface area contributed by atoms with Gasteiger partial charge in [0.25, 0.3) is 0 Å². The van der Waals surface area contributed by atoms with Crippen LogP contribution in [0, 0.1) is 0 Å². The number of carbonyl (C=O) groups is 9. The van der Waals surface area contributed by atoms with Crippen LogP contribution in [0.25, 0.3) is 0 Å². The van der Waals surface area contributed by atoms with Crippen LogP contribution < -0.4 is 55.3 Å². The Balaban J connectivity index is 1.21. The minimum absolute atomic E-state index is 0.0112. The number of likely N-dealkylation sites (tertiary alicyclic amines) is 3. The summed E-state index contributed by atoms with van der Waals surface area (Å²) < 4.78 is 4.92. The molecule has 8 amide bonds. The van der Waals surface area contributed by atoms with Crippen molar-refractivity contribution in [3.8, 4) is 0 Å². The quantitative estimate of drug-likeness (QED) is 0.0176. The number of aliphatic imine (C=N–C) groups is 2. The maximum Gasteiger partial charge on any atom is 0.328 e. The van der Waals surface area contributed by atoms with Gasteiger partial charge in [-0.1, -0.05) is 60.7 Å². The second-order valence-electron chi connectivity index (χ2n) is 19.2. The van der Waals surface area contributed by atoms with Gasteiger partial charge >= 0.3 is 5.97 Å². The molecule has 0 saturated carbocycles. The molecule has 26 nitrogen and oxygen atoms in total. The summed E-state index contributed by atoms with van der Waals surface area (Å²) in [5.74, 6) is -6.13. The maximum atomic E-state index is 14.2. The summed E-state index contributed by atoms with van der Waals surface area (Å²) in [4.78, 5) is 135. The van der Waals surface area contributed by atoms with Crippen molar-refractivity contribution in [1.29, 1.82) is 0 Å². The Hall–Kier alpha value is -7.87. The van der Waals surface area contributed by atoms with E-state index in [2.05, 4.69) is 36.6 Å². The minimum atomic E-state index is -1.57. The predicted molar refractivity (Wildman–Crippen MR) is 282 cm³/mol. The van der Waals surface area contributed by atoms with Crippen molar-refractivity contribution in [3.05, 3.63) is 71.8 Å². The number of aliphatic hydroxyl groups is 1. The number of nitrogens with zero attached hydrogens (tertiary/aromatic N) is 5. The SMILES string of the molecule is COC(=O)[C@H](CCCN=C(N)N)NC(=O)[C@H](Cc1ccccc1)NC(=O)[C@@H]1CCCN1C(=O)[C@H](CO)NC(=O)[C@H](Cc1ccccc1)NC(=O)CNC(=O)[C@@H]1CCCN1C(=O)[C@@H]1CCCN1C(=O)[C@@H](N)CCCN=C(N)N. The number of guanidine groups is 2. The van der Waals surface area contributed by atoms with Crippen molar-refractivity contribution in [3.63, 3.8) is 0 Å². The Kier molecular flexibility index (Phi) is 23.4. The Morgan fingerprint density at radius 2 is 1.09 bits per heavy atom. The number of methoxy groups -OCH3 is 1. The summed E-state index contributed by atoms with van der Waals surface area (Å²) in [5.41, 5.74) is 29.1. The van der Waals surface area contributed by atoms with E-state index in [9.17, 15) is 48.3 Å². The van der Waals surface area contributed by atoms with Gasteiger partial charge in [0, 0.05) is 45.6 Å². The molecule has 420 valence electrons. The van der Waals surface area contributed by atoms with Gasteiger partial charge in [-0.15, -0.1) is 0 Å². The number of carbonyl (C=O) groups excluding carboxylic acids is 9. The van der Waals surface area contributed by atoms with E-state index in [1.165, 1.54) is 21.8 Å². The average molecular weight is 1070 g/mol. The summed E-state index contributed by atoms with van der Waals surface area (Å²) >= 11 is 0. The average Bonchev–Trinajstić information content (AvgIpc) is 4.25. The van der Waals surface area contributed by atoms with Crippen molar-refractivity contribution < 1.29 is 53.0 Å². The van der Waals surface area contributed by atoms with E-state index in [1.54, 1.807) is 60.7 Å². The molecule has 0 aliphatic carbocycles. The highest BCUT2D eigenvalue weighted by Crippen LogP contribution is 2.26. The molecule has 3 fully saturated rings. The normalized spacial score (nSPS) is 18.8. The number of rotatable bonds is 27. The van der Waals surface area contributed by atoms with E-state index in [-0.39, 0.29) is 63.1 Å². The maximum absolute atomic E-state index is 14.2.